The van der Waals surface area contributed by atoms with E-state index in [0.29, 0.717) is 6.54 Å². The number of unbranched alkanes of at least 4 members (excludes halogenated alkanes) is 11. The monoisotopic (exact) mass is 378 g/mol. The highest BCUT2D eigenvalue weighted by Crippen LogP contribution is 2.22. The molecule has 0 radical (unpaired) electrons. The van der Waals surface area contributed by atoms with Crippen LogP contribution < -0.4 is 5.32 Å². The molecule has 0 bridgehead atoms. The Hall–Kier alpha value is -2.11. The van der Waals surface area contributed by atoms with Gasteiger partial charge in [-0.1, -0.05) is 77.6 Å². The maximum atomic E-state index is 12.0. The molecule has 0 aromatic heterocycles. The minimum Gasteiger partial charge on any atom is -0.507 e. The summed E-state index contributed by atoms with van der Waals surface area (Å²) >= 11 is 0. The molecule has 0 aliphatic carbocycles. The molecule has 1 aromatic rings. The normalized spacial score (nSPS) is 10.7. The number of aromatic hydroxyl groups is 1. The zero-order valence-electron chi connectivity index (χ0n) is 16.5. The van der Waals surface area contributed by atoms with Gasteiger partial charge in [-0.25, -0.2) is 0 Å². The van der Waals surface area contributed by atoms with Crippen LogP contribution in [-0.2, 0) is 0 Å². The van der Waals surface area contributed by atoms with Gasteiger partial charge in [0, 0.05) is 18.7 Å². The highest BCUT2D eigenvalue weighted by molar-refractivity contribution is 5.97. The molecule has 0 aliphatic rings. The number of hydrogen-bond acceptors (Lipinski definition) is 4. The lowest BCUT2D eigenvalue weighted by molar-refractivity contribution is -0.384. The molecule has 1 rings (SSSR count). The molecule has 27 heavy (non-hydrogen) atoms. The van der Waals surface area contributed by atoms with Gasteiger partial charge >= 0.3 is 0 Å². The van der Waals surface area contributed by atoms with Crippen LogP contribution in [0.3, 0.4) is 0 Å². The van der Waals surface area contributed by atoms with Crippen molar-refractivity contribution < 1.29 is 14.8 Å². The summed E-state index contributed by atoms with van der Waals surface area (Å²) in [6, 6.07) is 3.46. The van der Waals surface area contributed by atoms with Crippen LogP contribution in [0.25, 0.3) is 0 Å². The van der Waals surface area contributed by atoms with Gasteiger partial charge in [-0.15, -0.1) is 0 Å². The maximum absolute atomic E-state index is 12.0. The SMILES string of the molecule is CCCCCCCCCCCCCCNC(=O)c1cc([N+](=O)[O-])ccc1O. The van der Waals surface area contributed by atoms with Crippen LogP contribution in [0.15, 0.2) is 18.2 Å². The molecule has 0 heterocycles. The highest BCUT2D eigenvalue weighted by atomic mass is 16.6. The van der Waals surface area contributed by atoms with Gasteiger partial charge in [0.2, 0.25) is 0 Å². The highest BCUT2D eigenvalue weighted by Gasteiger charge is 2.15. The fourth-order valence-corrected chi connectivity index (χ4v) is 3.08. The van der Waals surface area contributed by atoms with Crippen molar-refractivity contribution in [1.29, 1.82) is 0 Å². The number of carbonyl (C=O) groups excluding carboxylic acids is 1. The molecule has 0 atom stereocenters. The number of phenols is 1. The van der Waals surface area contributed by atoms with Crippen molar-refractivity contribution in [2.24, 2.45) is 0 Å². The van der Waals surface area contributed by atoms with E-state index in [1.807, 2.05) is 0 Å². The summed E-state index contributed by atoms with van der Waals surface area (Å²) in [7, 11) is 0. The average molecular weight is 379 g/mol. The van der Waals surface area contributed by atoms with E-state index in [1.165, 1.54) is 69.9 Å². The summed E-state index contributed by atoms with van der Waals surface area (Å²) in [6.45, 7) is 2.75. The predicted molar refractivity (Wildman–Crippen MR) is 108 cm³/mol. The molecule has 2 N–H and O–H groups in total. The zero-order chi connectivity index (χ0) is 19.9. The number of nitro benzene ring substituents is 1. The fraction of sp³-hybridized carbons (Fsp3) is 0.667. The Morgan fingerprint density at radius 1 is 0.963 bits per heavy atom. The smallest absolute Gasteiger partial charge is 0.270 e. The van der Waals surface area contributed by atoms with Gasteiger partial charge in [0.15, 0.2) is 0 Å². The van der Waals surface area contributed by atoms with Gasteiger partial charge in [-0.2, -0.15) is 0 Å². The Kier molecular flexibility index (Phi) is 11.9. The van der Waals surface area contributed by atoms with Gasteiger partial charge in [-0.05, 0) is 12.5 Å². The van der Waals surface area contributed by atoms with Crippen molar-refractivity contribution in [1.82, 2.24) is 5.32 Å². The number of hydrogen-bond donors (Lipinski definition) is 2. The lowest BCUT2D eigenvalue weighted by Crippen LogP contribution is -2.24. The van der Waals surface area contributed by atoms with Crippen molar-refractivity contribution in [3.05, 3.63) is 33.9 Å². The Balaban J connectivity index is 2.06. The number of nitrogens with one attached hydrogen (secondary N) is 1. The van der Waals surface area contributed by atoms with Crippen molar-refractivity contribution in [3.8, 4) is 5.75 Å². The van der Waals surface area contributed by atoms with E-state index in [-0.39, 0.29) is 17.0 Å². The molecule has 0 aliphatic heterocycles. The Labute approximate surface area is 162 Å². The maximum Gasteiger partial charge on any atom is 0.270 e. The van der Waals surface area contributed by atoms with Crippen LogP contribution in [-0.4, -0.2) is 22.5 Å². The summed E-state index contributed by atoms with van der Waals surface area (Å²) in [5.74, 6) is -0.716. The molecule has 0 saturated carbocycles. The third-order valence-corrected chi connectivity index (χ3v) is 4.75. The van der Waals surface area contributed by atoms with Crippen LogP contribution in [0.1, 0.15) is 94.3 Å². The number of carbonyl (C=O) groups is 1. The molecule has 0 unspecified atom stereocenters. The zero-order valence-corrected chi connectivity index (χ0v) is 16.5. The number of phenolic OH excluding ortho intramolecular Hbond substituents is 1. The summed E-state index contributed by atoms with van der Waals surface area (Å²) in [5, 5.41) is 23.2. The van der Waals surface area contributed by atoms with E-state index < -0.39 is 10.8 Å². The first-order valence-corrected chi connectivity index (χ1v) is 10.3. The lowest BCUT2D eigenvalue weighted by Gasteiger charge is -2.07. The Bertz CT molecular complexity index is 575. The van der Waals surface area contributed by atoms with Crippen molar-refractivity contribution in [3.63, 3.8) is 0 Å². The van der Waals surface area contributed by atoms with Gasteiger partial charge in [0.25, 0.3) is 11.6 Å². The van der Waals surface area contributed by atoms with Crippen LogP contribution >= 0.6 is 0 Å². The van der Waals surface area contributed by atoms with E-state index in [9.17, 15) is 20.0 Å². The first-order chi connectivity index (χ1) is 13.1. The number of amides is 1. The van der Waals surface area contributed by atoms with E-state index in [1.54, 1.807) is 0 Å². The molecule has 0 fully saturated rings. The molecule has 0 saturated heterocycles. The predicted octanol–water partition coefficient (Wildman–Crippen LogP) is 5.73. The van der Waals surface area contributed by atoms with Gasteiger partial charge < -0.3 is 10.4 Å². The first kappa shape index (κ1) is 22.9. The van der Waals surface area contributed by atoms with Crippen molar-refractivity contribution >= 4 is 11.6 Å². The lowest BCUT2D eigenvalue weighted by atomic mass is 10.1. The molecular weight excluding hydrogens is 344 g/mol. The standard InChI is InChI=1S/C21H34N2O4/c1-2-3-4-5-6-7-8-9-10-11-12-13-16-22-21(25)19-17-18(23(26)27)14-15-20(19)24/h14-15,17,24H,2-13,16H2,1H3,(H,22,25). The van der Waals surface area contributed by atoms with Crippen LogP contribution in [0, 0.1) is 10.1 Å². The number of benzene rings is 1. The number of rotatable bonds is 15. The fourth-order valence-electron chi connectivity index (χ4n) is 3.08. The minimum atomic E-state index is -0.582. The summed E-state index contributed by atoms with van der Waals surface area (Å²) in [4.78, 5) is 22.2. The first-order valence-electron chi connectivity index (χ1n) is 10.3. The Morgan fingerprint density at radius 2 is 1.48 bits per heavy atom. The second kappa shape index (κ2) is 14.0. The van der Waals surface area contributed by atoms with Gasteiger partial charge in [0.05, 0.1) is 10.5 Å². The topological polar surface area (TPSA) is 92.5 Å². The number of nitrogens with zero attached hydrogens (tertiary/aromatic N) is 1. The van der Waals surface area contributed by atoms with E-state index >= 15 is 0 Å². The molecule has 1 amide bonds. The molecule has 152 valence electrons. The second-order valence-electron chi connectivity index (χ2n) is 7.10. The molecule has 1 aromatic carbocycles. The van der Waals surface area contributed by atoms with Crippen LogP contribution in [0.5, 0.6) is 5.75 Å². The Morgan fingerprint density at radius 3 is 2.00 bits per heavy atom. The summed E-state index contributed by atoms with van der Waals surface area (Å²) in [5.41, 5.74) is -0.258. The van der Waals surface area contributed by atoms with Crippen LogP contribution in [0.4, 0.5) is 5.69 Å². The third-order valence-electron chi connectivity index (χ3n) is 4.75. The molecule has 6 nitrogen and oxygen atoms in total. The summed E-state index contributed by atoms with van der Waals surface area (Å²) in [6.07, 6.45) is 15.0. The summed E-state index contributed by atoms with van der Waals surface area (Å²) < 4.78 is 0. The van der Waals surface area contributed by atoms with Gasteiger partial charge in [-0.3, -0.25) is 14.9 Å². The third kappa shape index (κ3) is 9.97. The quantitative estimate of drug-likeness (QED) is 0.231. The molecule has 0 spiro atoms. The van der Waals surface area contributed by atoms with Crippen molar-refractivity contribution in [2.75, 3.05) is 6.54 Å². The second-order valence-corrected chi connectivity index (χ2v) is 7.10. The van der Waals surface area contributed by atoms with Gasteiger partial charge in [0.1, 0.15) is 5.75 Å². The van der Waals surface area contributed by atoms with Crippen molar-refractivity contribution in [2.45, 2.75) is 84.0 Å². The van der Waals surface area contributed by atoms with E-state index in [4.69, 9.17) is 0 Å². The number of nitro groups is 1. The average Bonchev–Trinajstić information content (AvgIpc) is 2.65. The van der Waals surface area contributed by atoms with E-state index in [0.717, 1.165) is 25.3 Å². The minimum absolute atomic E-state index is 0.0527. The van der Waals surface area contributed by atoms with E-state index in [2.05, 4.69) is 12.2 Å². The number of non-ortho nitro benzene ring substituents is 1. The molecular formula is C21H34N2O4. The van der Waals surface area contributed by atoms with Crippen LogP contribution in [0.2, 0.25) is 0 Å². The molecule has 6 heteroatoms. The largest absolute Gasteiger partial charge is 0.507 e.